The van der Waals surface area contributed by atoms with Crippen LogP contribution in [0.2, 0.25) is 0 Å². The maximum atomic E-state index is 15.1. The number of amides is 1. The molecule has 8 rings (SSSR count). The third-order valence-corrected chi connectivity index (χ3v) is 12.2. The number of anilines is 1. The molecule has 3 fully saturated rings. The van der Waals surface area contributed by atoms with Crippen LogP contribution in [-0.2, 0) is 43.9 Å². The van der Waals surface area contributed by atoms with Gasteiger partial charge in [0.15, 0.2) is 5.65 Å². The van der Waals surface area contributed by atoms with Crippen LogP contribution in [0.5, 0.6) is 0 Å². The van der Waals surface area contributed by atoms with Gasteiger partial charge in [0, 0.05) is 101 Å². The third-order valence-electron chi connectivity index (χ3n) is 12.2. The van der Waals surface area contributed by atoms with Gasteiger partial charge >= 0.3 is 0 Å². The lowest BCUT2D eigenvalue weighted by molar-refractivity contribution is 0.0904. The van der Waals surface area contributed by atoms with Crippen LogP contribution < -0.4 is 10.6 Å². The fourth-order valence-electron chi connectivity index (χ4n) is 8.88. The zero-order valence-corrected chi connectivity index (χ0v) is 34.3. The van der Waals surface area contributed by atoms with Crippen molar-refractivity contribution in [2.75, 3.05) is 57.8 Å². The number of nitrogens with one attached hydrogen (secondary N) is 2. The van der Waals surface area contributed by atoms with Gasteiger partial charge in [0.25, 0.3) is 5.91 Å². The highest BCUT2D eigenvalue weighted by atomic mass is 19.1. The summed E-state index contributed by atoms with van der Waals surface area (Å²) < 4.78 is 22.8. The maximum absolute atomic E-state index is 15.1. The summed E-state index contributed by atoms with van der Waals surface area (Å²) in [6.07, 6.45) is 8.63. The predicted octanol–water partition coefficient (Wildman–Crippen LogP) is 7.64. The number of benzene rings is 3. The van der Waals surface area contributed by atoms with Crippen molar-refractivity contribution in [2.45, 2.75) is 91.1 Å². The van der Waals surface area contributed by atoms with Crippen molar-refractivity contribution >= 4 is 22.6 Å². The van der Waals surface area contributed by atoms with Gasteiger partial charge in [0.1, 0.15) is 5.82 Å². The second-order valence-electron chi connectivity index (χ2n) is 16.3. The maximum Gasteiger partial charge on any atom is 0.251 e. The molecule has 0 saturated carbocycles. The number of piperidine rings is 1. The summed E-state index contributed by atoms with van der Waals surface area (Å²) >= 11 is 0. The molecule has 0 unspecified atom stereocenters. The van der Waals surface area contributed by atoms with E-state index in [1.165, 1.54) is 42.1 Å². The summed E-state index contributed by atoms with van der Waals surface area (Å²) in [5, 5.41) is 12.8. The topological polar surface area (TPSA) is 90.8 Å². The van der Waals surface area contributed by atoms with Crippen molar-refractivity contribution in [3.8, 4) is 11.1 Å². The SMILES string of the molecule is CCc1nc2c(cnn2CC)c(NC2CCOCC2)c1CN1CCN(Cc2cccc(C(=O)NCc3ccc(F)c(-c4cccc(CN5CCCCC5)c4)c3)c2)CC1. The first-order valence-electron chi connectivity index (χ1n) is 21.6. The summed E-state index contributed by atoms with van der Waals surface area (Å²) in [6, 6.07) is 21.7. The highest BCUT2D eigenvalue weighted by Crippen LogP contribution is 2.33. The van der Waals surface area contributed by atoms with Crippen molar-refractivity contribution in [2.24, 2.45) is 0 Å². The van der Waals surface area contributed by atoms with Crippen LogP contribution in [0.25, 0.3) is 22.2 Å². The van der Waals surface area contributed by atoms with Crippen molar-refractivity contribution in [1.29, 1.82) is 0 Å². The summed E-state index contributed by atoms with van der Waals surface area (Å²) in [5.41, 5.74) is 9.83. The van der Waals surface area contributed by atoms with Crippen molar-refractivity contribution in [1.82, 2.24) is 34.8 Å². The molecule has 3 aromatic carbocycles. The molecule has 1 amide bonds. The van der Waals surface area contributed by atoms with Crippen LogP contribution in [0.4, 0.5) is 10.1 Å². The number of rotatable bonds is 14. The van der Waals surface area contributed by atoms with Gasteiger partial charge in [-0.05, 0) is 105 Å². The lowest BCUT2D eigenvalue weighted by Gasteiger charge is -2.36. The summed E-state index contributed by atoms with van der Waals surface area (Å²) in [5.74, 6) is -0.386. The van der Waals surface area contributed by atoms with Crippen LogP contribution >= 0.6 is 0 Å². The van der Waals surface area contributed by atoms with Crippen molar-refractivity contribution in [3.05, 3.63) is 112 Å². The largest absolute Gasteiger partial charge is 0.381 e. The molecule has 3 aliphatic heterocycles. The quantitative estimate of drug-likeness (QED) is 0.119. The molecular weight excluding hydrogens is 728 g/mol. The Labute approximate surface area is 342 Å². The van der Waals surface area contributed by atoms with E-state index in [-0.39, 0.29) is 11.7 Å². The molecule has 5 heterocycles. The van der Waals surface area contributed by atoms with Gasteiger partial charge in [-0.2, -0.15) is 5.10 Å². The van der Waals surface area contributed by atoms with Crippen LogP contribution in [0.15, 0.2) is 72.9 Å². The van der Waals surface area contributed by atoms with Gasteiger partial charge in [0.2, 0.25) is 0 Å². The minimum absolute atomic E-state index is 0.131. The number of halogens is 1. The number of likely N-dealkylation sites (tertiary alicyclic amines) is 1. The zero-order chi connectivity index (χ0) is 39.8. The molecular formula is C47H59FN8O2. The molecule has 2 N–H and O–H groups in total. The highest BCUT2D eigenvalue weighted by molar-refractivity contribution is 5.94. The smallest absolute Gasteiger partial charge is 0.251 e. The van der Waals surface area contributed by atoms with E-state index in [0.29, 0.717) is 23.7 Å². The minimum atomic E-state index is -0.254. The van der Waals surface area contributed by atoms with Gasteiger partial charge in [-0.3, -0.25) is 19.5 Å². The first-order valence-corrected chi connectivity index (χ1v) is 21.6. The van der Waals surface area contributed by atoms with E-state index >= 15 is 4.39 Å². The Morgan fingerprint density at radius 1 is 0.810 bits per heavy atom. The Morgan fingerprint density at radius 3 is 2.26 bits per heavy atom. The average Bonchev–Trinajstić information content (AvgIpc) is 3.68. The Morgan fingerprint density at radius 2 is 1.52 bits per heavy atom. The van der Waals surface area contributed by atoms with E-state index in [1.54, 1.807) is 6.07 Å². The number of aryl methyl sites for hydroxylation is 2. The Kier molecular flexibility index (Phi) is 13.1. The number of hydrogen-bond donors (Lipinski definition) is 2. The molecule has 3 saturated heterocycles. The molecule has 2 aromatic heterocycles. The molecule has 0 atom stereocenters. The Bertz CT molecular complexity index is 2170. The zero-order valence-electron chi connectivity index (χ0n) is 34.3. The number of carbonyl (C=O) groups excluding carboxylic acids is 1. The van der Waals surface area contributed by atoms with E-state index in [0.717, 1.165) is 131 Å². The van der Waals surface area contributed by atoms with Gasteiger partial charge in [-0.25, -0.2) is 14.1 Å². The van der Waals surface area contributed by atoms with Gasteiger partial charge in [-0.15, -0.1) is 0 Å². The number of hydrogen-bond acceptors (Lipinski definition) is 8. The molecule has 3 aliphatic rings. The molecule has 306 valence electrons. The van der Waals surface area contributed by atoms with E-state index in [2.05, 4.69) is 62.5 Å². The number of aromatic nitrogens is 3. The van der Waals surface area contributed by atoms with Crippen molar-refractivity contribution < 1.29 is 13.9 Å². The van der Waals surface area contributed by atoms with Crippen LogP contribution in [-0.4, -0.2) is 93.9 Å². The molecule has 0 spiro atoms. The summed E-state index contributed by atoms with van der Waals surface area (Å²) in [4.78, 5) is 26.1. The molecule has 11 heteroatoms. The van der Waals surface area contributed by atoms with E-state index in [9.17, 15) is 4.79 Å². The summed E-state index contributed by atoms with van der Waals surface area (Å²) in [7, 11) is 0. The van der Waals surface area contributed by atoms with E-state index in [1.807, 2.05) is 47.3 Å². The second-order valence-corrected chi connectivity index (χ2v) is 16.3. The molecule has 58 heavy (non-hydrogen) atoms. The lowest BCUT2D eigenvalue weighted by Crippen LogP contribution is -2.45. The van der Waals surface area contributed by atoms with Gasteiger partial charge < -0.3 is 15.4 Å². The number of ether oxygens (including phenoxy) is 1. The molecule has 10 nitrogen and oxygen atoms in total. The van der Waals surface area contributed by atoms with Gasteiger partial charge in [0.05, 0.1) is 17.3 Å². The second kappa shape index (κ2) is 18.9. The highest BCUT2D eigenvalue weighted by Gasteiger charge is 2.25. The summed E-state index contributed by atoms with van der Waals surface area (Å²) in [6.45, 7) is 15.6. The molecule has 0 aliphatic carbocycles. The monoisotopic (exact) mass is 786 g/mol. The number of fused-ring (bicyclic) bond motifs is 1. The molecule has 5 aromatic rings. The standard InChI is InChI=1S/C47H59FN8O2/c1-3-44-42(45(51-39-16-24-58-25-17-39)41-30-50-56(4-2)46(41)52-44)33-55-22-20-54(21-23-55)32-36-11-9-13-38(27-36)47(57)49-29-34-14-15-43(48)40(28-34)37-12-8-10-35(26-37)31-53-18-6-5-7-19-53/h8-15,26-28,30,39H,3-7,16-25,29,31-33H2,1-2H3,(H,49,57)(H,51,52). The fraction of sp³-hybridized carbons (Fsp3) is 0.468. The third kappa shape index (κ3) is 9.60. The normalized spacial score (nSPS) is 17.5. The lowest BCUT2D eigenvalue weighted by atomic mass is 9.99. The molecule has 0 radical (unpaired) electrons. The van der Waals surface area contributed by atoms with E-state index in [4.69, 9.17) is 9.72 Å². The Hall–Kier alpha value is -4.68. The first kappa shape index (κ1) is 40.1. The van der Waals surface area contributed by atoms with Crippen molar-refractivity contribution in [3.63, 3.8) is 0 Å². The van der Waals surface area contributed by atoms with Gasteiger partial charge in [-0.1, -0.05) is 49.7 Å². The average molecular weight is 787 g/mol. The van der Waals surface area contributed by atoms with E-state index < -0.39 is 0 Å². The van der Waals surface area contributed by atoms with Crippen LogP contribution in [0, 0.1) is 5.82 Å². The predicted molar refractivity (Wildman–Crippen MR) is 229 cm³/mol. The fourth-order valence-corrected chi connectivity index (χ4v) is 8.88. The minimum Gasteiger partial charge on any atom is -0.381 e. The van der Waals surface area contributed by atoms with Crippen LogP contribution in [0.3, 0.4) is 0 Å². The number of pyridine rings is 1. The molecule has 0 bridgehead atoms. The first-order chi connectivity index (χ1) is 28.4. The number of piperazine rings is 1. The number of carbonyl (C=O) groups is 1. The number of nitrogens with zero attached hydrogens (tertiary/aromatic N) is 6. The Balaban J connectivity index is 0.871. The van der Waals surface area contributed by atoms with Crippen LogP contribution in [0.1, 0.15) is 84.3 Å².